The lowest BCUT2D eigenvalue weighted by Crippen LogP contribution is -2.32. The van der Waals surface area contributed by atoms with Gasteiger partial charge in [-0.05, 0) is 55.3 Å². The number of rotatable bonds is 7. The molecule has 1 fully saturated rings. The predicted octanol–water partition coefficient (Wildman–Crippen LogP) is 3.69. The van der Waals surface area contributed by atoms with Gasteiger partial charge in [-0.25, -0.2) is 13.1 Å². The fourth-order valence-corrected chi connectivity index (χ4v) is 4.66. The summed E-state index contributed by atoms with van der Waals surface area (Å²) in [5.74, 6) is 0.131. The van der Waals surface area contributed by atoms with Crippen LogP contribution in [0.25, 0.3) is 0 Å². The predicted molar refractivity (Wildman–Crippen MR) is 107 cm³/mol. The number of ether oxygens (including phenoxy) is 1. The van der Waals surface area contributed by atoms with E-state index in [0.29, 0.717) is 11.4 Å². The highest BCUT2D eigenvalue weighted by molar-refractivity contribution is 9.10. The highest BCUT2D eigenvalue weighted by Gasteiger charge is 2.22. The van der Waals surface area contributed by atoms with E-state index in [2.05, 4.69) is 26.0 Å². The van der Waals surface area contributed by atoms with Crippen LogP contribution in [0.2, 0.25) is 0 Å². The molecule has 0 radical (unpaired) electrons. The third kappa shape index (κ3) is 5.79. The SMILES string of the molecule is O=C(COc1ccc(S(=O)(=O)NC2CCCC2)cc1)Nc1cccc(Br)c1. The first-order valence-electron chi connectivity index (χ1n) is 8.73. The van der Waals surface area contributed by atoms with Crippen LogP contribution in [0, 0.1) is 0 Å². The van der Waals surface area contributed by atoms with Crippen LogP contribution in [0.1, 0.15) is 25.7 Å². The quantitative estimate of drug-likeness (QED) is 0.670. The first kappa shape index (κ1) is 19.9. The monoisotopic (exact) mass is 452 g/mol. The Hall–Kier alpha value is -1.90. The number of benzene rings is 2. The lowest BCUT2D eigenvalue weighted by molar-refractivity contribution is -0.118. The molecule has 0 heterocycles. The number of carbonyl (C=O) groups excluding carboxylic acids is 1. The fraction of sp³-hybridized carbons (Fsp3) is 0.316. The van der Waals surface area contributed by atoms with Gasteiger partial charge in [-0.1, -0.05) is 34.8 Å². The van der Waals surface area contributed by atoms with Gasteiger partial charge in [0.1, 0.15) is 5.75 Å². The topological polar surface area (TPSA) is 84.5 Å². The second kappa shape index (κ2) is 8.86. The lowest BCUT2D eigenvalue weighted by Gasteiger charge is -2.13. The second-order valence-electron chi connectivity index (χ2n) is 6.42. The van der Waals surface area contributed by atoms with Crippen LogP contribution in [-0.4, -0.2) is 27.0 Å². The molecule has 0 bridgehead atoms. The summed E-state index contributed by atoms with van der Waals surface area (Å²) in [5, 5.41) is 2.73. The maximum absolute atomic E-state index is 12.4. The van der Waals surface area contributed by atoms with Crippen LogP contribution in [0.15, 0.2) is 57.9 Å². The van der Waals surface area contributed by atoms with Crippen LogP contribution in [0.5, 0.6) is 5.75 Å². The molecule has 144 valence electrons. The van der Waals surface area contributed by atoms with Crippen LogP contribution in [0.4, 0.5) is 5.69 Å². The van der Waals surface area contributed by atoms with E-state index in [1.54, 1.807) is 24.3 Å². The van der Waals surface area contributed by atoms with Gasteiger partial charge in [0.2, 0.25) is 10.0 Å². The minimum absolute atomic E-state index is 0.0210. The summed E-state index contributed by atoms with van der Waals surface area (Å²) >= 11 is 3.34. The molecular weight excluding hydrogens is 432 g/mol. The summed E-state index contributed by atoms with van der Waals surface area (Å²) in [5.41, 5.74) is 0.664. The molecular formula is C19H21BrN2O4S. The summed E-state index contributed by atoms with van der Waals surface area (Å²) in [6, 6.07) is 13.3. The third-order valence-corrected chi connectivity index (χ3v) is 6.32. The zero-order valence-electron chi connectivity index (χ0n) is 14.7. The van der Waals surface area contributed by atoms with Crippen molar-refractivity contribution in [2.75, 3.05) is 11.9 Å². The molecule has 0 atom stereocenters. The maximum atomic E-state index is 12.4. The molecule has 2 aromatic carbocycles. The number of amides is 1. The van der Waals surface area contributed by atoms with Gasteiger partial charge in [-0.15, -0.1) is 0 Å². The van der Waals surface area contributed by atoms with Crippen molar-refractivity contribution in [3.63, 3.8) is 0 Å². The first-order valence-corrected chi connectivity index (χ1v) is 11.0. The number of anilines is 1. The van der Waals surface area contributed by atoms with Crippen molar-refractivity contribution in [1.29, 1.82) is 0 Å². The van der Waals surface area contributed by atoms with Gasteiger partial charge in [-0.2, -0.15) is 0 Å². The molecule has 1 aliphatic rings. The number of carbonyl (C=O) groups is 1. The number of sulfonamides is 1. The average molecular weight is 453 g/mol. The van der Waals surface area contributed by atoms with Crippen molar-refractivity contribution in [2.24, 2.45) is 0 Å². The molecule has 6 nitrogen and oxygen atoms in total. The molecule has 0 unspecified atom stereocenters. The van der Waals surface area contributed by atoms with Crippen molar-refractivity contribution < 1.29 is 17.9 Å². The van der Waals surface area contributed by atoms with Crippen molar-refractivity contribution in [3.8, 4) is 5.75 Å². The van der Waals surface area contributed by atoms with Gasteiger partial charge in [0.05, 0.1) is 4.90 Å². The summed E-state index contributed by atoms with van der Waals surface area (Å²) in [6.45, 7) is -0.168. The zero-order valence-corrected chi connectivity index (χ0v) is 17.1. The second-order valence-corrected chi connectivity index (χ2v) is 9.05. The van der Waals surface area contributed by atoms with E-state index in [9.17, 15) is 13.2 Å². The van der Waals surface area contributed by atoms with Gasteiger partial charge >= 0.3 is 0 Å². The van der Waals surface area contributed by atoms with E-state index in [1.165, 1.54) is 12.1 Å². The molecule has 1 amide bonds. The Labute approximate surface area is 167 Å². The summed E-state index contributed by atoms with van der Waals surface area (Å²) in [4.78, 5) is 12.2. The van der Waals surface area contributed by atoms with E-state index < -0.39 is 10.0 Å². The Bertz CT molecular complexity index is 894. The van der Waals surface area contributed by atoms with E-state index in [-0.39, 0.29) is 23.5 Å². The molecule has 1 saturated carbocycles. The number of hydrogen-bond donors (Lipinski definition) is 2. The molecule has 0 aromatic heterocycles. The number of nitrogens with one attached hydrogen (secondary N) is 2. The van der Waals surface area contributed by atoms with E-state index in [4.69, 9.17) is 4.74 Å². The normalized spacial score (nSPS) is 14.9. The van der Waals surface area contributed by atoms with Crippen molar-refractivity contribution in [3.05, 3.63) is 53.0 Å². The molecule has 3 rings (SSSR count). The van der Waals surface area contributed by atoms with Crippen molar-refractivity contribution in [2.45, 2.75) is 36.6 Å². The lowest BCUT2D eigenvalue weighted by atomic mass is 10.3. The standard InChI is InChI=1S/C19H21BrN2O4S/c20-14-4-3-7-16(12-14)21-19(23)13-26-17-8-10-18(11-9-17)27(24,25)22-15-5-1-2-6-15/h3-4,7-12,15,22H,1-2,5-6,13H2,(H,21,23). The highest BCUT2D eigenvalue weighted by atomic mass is 79.9. The smallest absolute Gasteiger partial charge is 0.262 e. The van der Waals surface area contributed by atoms with Crippen molar-refractivity contribution >= 4 is 37.5 Å². The Morgan fingerprint density at radius 1 is 1.11 bits per heavy atom. The largest absolute Gasteiger partial charge is 0.484 e. The Morgan fingerprint density at radius 3 is 2.48 bits per heavy atom. The van der Waals surface area contributed by atoms with Gasteiger partial charge in [0.15, 0.2) is 6.61 Å². The Morgan fingerprint density at radius 2 is 1.81 bits per heavy atom. The van der Waals surface area contributed by atoms with E-state index >= 15 is 0 Å². The Balaban J connectivity index is 1.53. The number of halogens is 1. The molecule has 1 aliphatic carbocycles. The Kier molecular flexibility index (Phi) is 6.51. The molecule has 0 aliphatic heterocycles. The van der Waals surface area contributed by atoms with Crippen molar-refractivity contribution in [1.82, 2.24) is 4.72 Å². The van der Waals surface area contributed by atoms with Crippen LogP contribution in [-0.2, 0) is 14.8 Å². The molecule has 0 spiro atoms. The average Bonchev–Trinajstić information content (AvgIpc) is 3.13. The summed E-state index contributed by atoms with van der Waals surface area (Å²) in [7, 11) is -3.53. The molecule has 8 heteroatoms. The van der Waals surface area contributed by atoms with Crippen LogP contribution in [0.3, 0.4) is 0 Å². The maximum Gasteiger partial charge on any atom is 0.262 e. The number of hydrogen-bond acceptors (Lipinski definition) is 4. The first-order chi connectivity index (χ1) is 12.9. The molecule has 2 aromatic rings. The van der Waals surface area contributed by atoms with Gasteiger partial charge in [-0.3, -0.25) is 4.79 Å². The summed E-state index contributed by atoms with van der Waals surface area (Å²) < 4.78 is 33.8. The third-order valence-electron chi connectivity index (χ3n) is 4.29. The molecule has 0 saturated heterocycles. The van der Waals surface area contributed by atoms with Gasteiger partial charge in [0, 0.05) is 16.2 Å². The zero-order chi connectivity index (χ0) is 19.3. The molecule has 2 N–H and O–H groups in total. The minimum Gasteiger partial charge on any atom is -0.484 e. The van der Waals surface area contributed by atoms with E-state index in [0.717, 1.165) is 30.2 Å². The van der Waals surface area contributed by atoms with Crippen LogP contribution < -0.4 is 14.8 Å². The van der Waals surface area contributed by atoms with Gasteiger partial charge < -0.3 is 10.1 Å². The van der Waals surface area contributed by atoms with Gasteiger partial charge in [0.25, 0.3) is 5.91 Å². The highest BCUT2D eigenvalue weighted by Crippen LogP contribution is 2.22. The van der Waals surface area contributed by atoms with Crippen LogP contribution >= 0.6 is 15.9 Å². The fourth-order valence-electron chi connectivity index (χ4n) is 2.96. The molecule has 27 heavy (non-hydrogen) atoms. The summed E-state index contributed by atoms with van der Waals surface area (Å²) in [6.07, 6.45) is 3.88. The van der Waals surface area contributed by atoms with E-state index in [1.807, 2.05) is 12.1 Å². The minimum atomic E-state index is -3.53.